The van der Waals surface area contributed by atoms with Gasteiger partial charge >= 0.3 is 0 Å². The lowest BCUT2D eigenvalue weighted by atomic mass is 10.1. The van der Waals surface area contributed by atoms with Crippen molar-refractivity contribution in [3.63, 3.8) is 0 Å². The molecule has 0 spiro atoms. The van der Waals surface area contributed by atoms with E-state index >= 15 is 0 Å². The Labute approximate surface area is 99.2 Å². The number of halogens is 1. The van der Waals surface area contributed by atoms with E-state index in [1.54, 1.807) is 13.2 Å². The van der Waals surface area contributed by atoms with Gasteiger partial charge in [0.05, 0.1) is 12.1 Å². The molecule has 0 fully saturated rings. The molecule has 1 rings (SSSR count). The van der Waals surface area contributed by atoms with Crippen molar-refractivity contribution < 1.29 is 9.53 Å². The average molecular weight is 246 g/mol. The molecule has 1 N–H and O–H groups in total. The minimum absolute atomic E-state index is 0.360. The molecule has 0 saturated heterocycles. The molecule has 0 aromatic heterocycles. The van der Waals surface area contributed by atoms with Crippen molar-refractivity contribution in [3.8, 4) is 5.75 Å². The lowest BCUT2D eigenvalue weighted by Crippen LogP contribution is -2.16. The predicted octanol–water partition coefficient (Wildman–Crippen LogP) is 2.80. The van der Waals surface area contributed by atoms with Crippen LogP contribution in [-0.2, 0) is 6.54 Å². The quantitative estimate of drug-likeness (QED) is 0.804. The second-order valence-electron chi connectivity index (χ2n) is 3.07. The van der Waals surface area contributed by atoms with Crippen molar-refractivity contribution in [2.75, 3.05) is 7.11 Å². The molecule has 5 heteroatoms. The number of nitrogens with one attached hydrogen (secondary N) is 1. The summed E-state index contributed by atoms with van der Waals surface area (Å²) in [4.78, 5) is 10.6. The fourth-order valence-corrected chi connectivity index (χ4v) is 1.56. The molecular formula is C10H12ClNO2S. The molecule has 0 unspecified atom stereocenters. The summed E-state index contributed by atoms with van der Waals surface area (Å²) in [5, 5.41) is 2.77. The number of aryl methyl sites for hydroxylation is 1. The van der Waals surface area contributed by atoms with E-state index in [0.29, 0.717) is 17.3 Å². The summed E-state index contributed by atoms with van der Waals surface area (Å²) in [5.41, 5.74) is 1.96. The van der Waals surface area contributed by atoms with E-state index in [4.69, 9.17) is 16.3 Å². The van der Waals surface area contributed by atoms with Crippen LogP contribution in [0, 0.1) is 6.92 Å². The van der Waals surface area contributed by atoms with E-state index < -0.39 is 0 Å². The summed E-state index contributed by atoms with van der Waals surface area (Å²) in [6, 6.07) is 3.61. The number of ether oxygens (including phenoxy) is 1. The summed E-state index contributed by atoms with van der Waals surface area (Å²) in [5.74, 6) is 0.634. The first-order chi connectivity index (χ1) is 7.04. The van der Waals surface area contributed by atoms with Crippen molar-refractivity contribution >= 4 is 29.5 Å². The van der Waals surface area contributed by atoms with Crippen LogP contribution in [0.25, 0.3) is 0 Å². The summed E-state index contributed by atoms with van der Waals surface area (Å²) in [6.07, 6.45) is 0. The van der Waals surface area contributed by atoms with Gasteiger partial charge in [-0.3, -0.25) is 4.79 Å². The Morgan fingerprint density at radius 3 is 2.80 bits per heavy atom. The summed E-state index contributed by atoms with van der Waals surface area (Å²) in [6.45, 7) is 2.34. The van der Waals surface area contributed by atoms with E-state index in [9.17, 15) is 4.79 Å². The van der Waals surface area contributed by atoms with Crippen LogP contribution < -0.4 is 10.1 Å². The average Bonchev–Trinajstić information content (AvgIpc) is 2.18. The molecule has 0 aliphatic rings. The fraction of sp³-hybridized carbons (Fsp3) is 0.300. The Hall–Kier alpha value is -0.870. The molecule has 0 aliphatic carbocycles. The summed E-state index contributed by atoms with van der Waals surface area (Å²) >= 11 is 9.58. The molecule has 0 atom stereocenters. The highest BCUT2D eigenvalue weighted by Crippen LogP contribution is 2.27. The molecule has 0 aliphatic heterocycles. The third kappa shape index (κ3) is 3.32. The van der Waals surface area contributed by atoms with Crippen molar-refractivity contribution in [1.29, 1.82) is 0 Å². The van der Waals surface area contributed by atoms with Gasteiger partial charge in [0.1, 0.15) is 5.75 Å². The number of carbonyl (C=O) groups is 1. The van der Waals surface area contributed by atoms with Crippen LogP contribution in [0.1, 0.15) is 11.1 Å². The van der Waals surface area contributed by atoms with Gasteiger partial charge in [-0.25, -0.2) is 0 Å². The number of carbonyl (C=O) groups excluding carboxylic acids is 1. The maximum absolute atomic E-state index is 10.6. The highest BCUT2D eigenvalue weighted by Gasteiger charge is 2.06. The SMILES string of the molecule is COc1cc(C)c(CNC(=O)S)cc1Cl. The van der Waals surface area contributed by atoms with Crippen LogP contribution in [0.15, 0.2) is 12.1 Å². The predicted molar refractivity (Wildman–Crippen MR) is 64.0 cm³/mol. The maximum Gasteiger partial charge on any atom is 0.276 e. The first-order valence-electron chi connectivity index (χ1n) is 4.34. The lowest BCUT2D eigenvalue weighted by Gasteiger charge is -2.10. The zero-order chi connectivity index (χ0) is 11.4. The van der Waals surface area contributed by atoms with Gasteiger partial charge < -0.3 is 10.1 Å². The van der Waals surface area contributed by atoms with Crippen molar-refractivity contribution in [2.24, 2.45) is 0 Å². The molecule has 3 nitrogen and oxygen atoms in total. The molecule has 0 saturated carbocycles. The number of rotatable bonds is 3. The van der Waals surface area contributed by atoms with Gasteiger partial charge in [-0.2, -0.15) is 0 Å². The van der Waals surface area contributed by atoms with Gasteiger partial charge in [0.25, 0.3) is 5.24 Å². The second-order valence-corrected chi connectivity index (χ2v) is 3.89. The van der Waals surface area contributed by atoms with Gasteiger partial charge in [0.2, 0.25) is 0 Å². The number of methoxy groups -OCH3 is 1. The highest BCUT2D eigenvalue weighted by atomic mass is 35.5. The van der Waals surface area contributed by atoms with Gasteiger partial charge in [0, 0.05) is 6.54 Å². The Morgan fingerprint density at radius 2 is 2.27 bits per heavy atom. The first-order valence-corrected chi connectivity index (χ1v) is 5.17. The molecule has 15 heavy (non-hydrogen) atoms. The van der Waals surface area contributed by atoms with Crippen LogP contribution >= 0.6 is 24.2 Å². The van der Waals surface area contributed by atoms with Crippen molar-refractivity contribution in [3.05, 3.63) is 28.3 Å². The van der Waals surface area contributed by atoms with E-state index in [2.05, 4.69) is 17.9 Å². The Kier molecular flexibility index (Phi) is 4.29. The van der Waals surface area contributed by atoms with Gasteiger partial charge in [-0.15, -0.1) is 0 Å². The fourth-order valence-electron chi connectivity index (χ4n) is 1.21. The Morgan fingerprint density at radius 1 is 1.60 bits per heavy atom. The first kappa shape index (κ1) is 12.2. The largest absolute Gasteiger partial charge is 0.495 e. The van der Waals surface area contributed by atoms with Crippen LogP contribution in [0.2, 0.25) is 5.02 Å². The van der Waals surface area contributed by atoms with E-state index in [1.165, 1.54) is 0 Å². The second kappa shape index (κ2) is 5.28. The minimum Gasteiger partial charge on any atom is -0.495 e. The number of amides is 1. The van der Waals surface area contributed by atoms with Gasteiger partial charge in [0.15, 0.2) is 0 Å². The Bertz CT molecular complexity index is 382. The number of hydrogen-bond donors (Lipinski definition) is 2. The monoisotopic (exact) mass is 245 g/mol. The molecule has 82 valence electrons. The third-order valence-electron chi connectivity index (χ3n) is 2.04. The van der Waals surface area contributed by atoms with Gasteiger partial charge in [-0.05, 0) is 30.2 Å². The van der Waals surface area contributed by atoms with Crippen LogP contribution in [-0.4, -0.2) is 12.3 Å². The molecule has 0 bridgehead atoms. The number of benzene rings is 1. The van der Waals surface area contributed by atoms with Gasteiger partial charge in [-0.1, -0.05) is 24.2 Å². The van der Waals surface area contributed by atoms with Crippen molar-refractivity contribution in [1.82, 2.24) is 5.32 Å². The maximum atomic E-state index is 10.6. The van der Waals surface area contributed by atoms with E-state index in [-0.39, 0.29) is 5.24 Å². The van der Waals surface area contributed by atoms with Crippen molar-refractivity contribution in [2.45, 2.75) is 13.5 Å². The summed E-state index contributed by atoms with van der Waals surface area (Å²) < 4.78 is 5.07. The van der Waals surface area contributed by atoms with E-state index in [1.807, 2.05) is 13.0 Å². The molecule has 1 aromatic rings. The standard InChI is InChI=1S/C10H12ClNO2S/c1-6-3-9(14-2)8(11)4-7(6)5-12-10(13)15/h3-4H,5H2,1-2H3,(H2,12,13,15). The number of thiol groups is 1. The highest BCUT2D eigenvalue weighted by molar-refractivity contribution is 7.96. The minimum atomic E-state index is -0.360. The smallest absolute Gasteiger partial charge is 0.276 e. The summed E-state index contributed by atoms with van der Waals surface area (Å²) in [7, 11) is 1.57. The molecular weight excluding hydrogens is 234 g/mol. The molecule has 0 heterocycles. The molecule has 1 aromatic carbocycles. The Balaban J connectivity index is 2.90. The molecule has 0 radical (unpaired) electrons. The van der Waals surface area contributed by atoms with Crippen LogP contribution in [0.5, 0.6) is 5.75 Å². The number of hydrogen-bond acceptors (Lipinski definition) is 2. The lowest BCUT2D eigenvalue weighted by molar-refractivity contribution is 0.260. The van der Waals surface area contributed by atoms with Crippen LogP contribution in [0.4, 0.5) is 4.79 Å². The third-order valence-corrected chi connectivity index (χ3v) is 2.49. The molecule has 1 amide bonds. The van der Waals surface area contributed by atoms with E-state index in [0.717, 1.165) is 11.1 Å². The topological polar surface area (TPSA) is 38.3 Å². The normalized spacial score (nSPS) is 9.87. The zero-order valence-electron chi connectivity index (χ0n) is 8.50. The van der Waals surface area contributed by atoms with Crippen LogP contribution in [0.3, 0.4) is 0 Å². The zero-order valence-corrected chi connectivity index (χ0v) is 10.2.